The number of benzene rings is 3. The van der Waals surface area contributed by atoms with Crippen molar-refractivity contribution in [1.29, 1.82) is 0 Å². The van der Waals surface area contributed by atoms with Crippen molar-refractivity contribution in [2.24, 2.45) is 0 Å². The van der Waals surface area contributed by atoms with Gasteiger partial charge in [-0.2, -0.15) is 0 Å². The minimum absolute atomic E-state index is 0. The smallest absolute Gasteiger partial charge is 0.227 e. The maximum atomic E-state index is 12.4. The first-order chi connectivity index (χ1) is 17.7. The summed E-state index contributed by atoms with van der Waals surface area (Å²) in [6.07, 6.45) is 1.52. The van der Waals surface area contributed by atoms with Gasteiger partial charge in [0, 0.05) is 61.8 Å². The number of carbonyl (C=O) groups excluding carboxylic acids is 2. The van der Waals surface area contributed by atoms with Crippen LogP contribution in [0.1, 0.15) is 0 Å². The topological polar surface area (TPSA) is 43.2 Å². The van der Waals surface area contributed by atoms with E-state index >= 15 is 0 Å². The molecule has 3 heterocycles. The van der Waals surface area contributed by atoms with Gasteiger partial charge in [0.2, 0.25) is 11.6 Å². The van der Waals surface area contributed by atoms with E-state index in [4.69, 9.17) is 0 Å². The van der Waals surface area contributed by atoms with E-state index in [1.807, 2.05) is 14.7 Å². The fraction of sp³-hybridized carbons (Fsp3) is 0.200. The third-order valence-electron chi connectivity index (χ3n) is 6.53. The minimum Gasteiger partial charge on any atom is -0.365 e. The normalized spacial score (nSPS) is 17.6. The van der Waals surface area contributed by atoms with E-state index < -0.39 is 7.92 Å². The molecule has 3 aliphatic heterocycles. The molecule has 0 unspecified atom stereocenters. The molecule has 0 radical (unpaired) electrons. The van der Waals surface area contributed by atoms with Gasteiger partial charge in [-0.3, -0.25) is 9.59 Å². The molecule has 37 heavy (non-hydrogen) atoms. The molecule has 7 heteroatoms. The van der Waals surface area contributed by atoms with Gasteiger partial charge in [0.15, 0.2) is 0 Å². The standard InChI is InChI=1S/C18H15P.C12H13N3O2.Ni/c1-4-10-16(11-5-1)19(17-12-6-2-7-13-17)18-14-8-3-9-15-18;16-9-7-8(13-1-2-13)12(17)11(15-5-6-15)10(9)14-3-4-14;/h1-15H;7H,1-6H2;. The summed E-state index contributed by atoms with van der Waals surface area (Å²) in [5.74, 6) is 0.0485. The van der Waals surface area contributed by atoms with E-state index in [0.29, 0.717) is 17.1 Å². The molecular weight excluding hydrogens is 524 g/mol. The Morgan fingerprint density at radius 2 is 0.892 bits per heavy atom. The largest absolute Gasteiger partial charge is 0.365 e. The first-order valence-corrected chi connectivity index (χ1v) is 13.8. The molecule has 0 aromatic heterocycles. The Morgan fingerprint density at radius 3 is 1.27 bits per heavy atom. The van der Waals surface area contributed by atoms with Crippen molar-refractivity contribution in [2.45, 2.75) is 0 Å². The third-order valence-corrected chi connectivity index (χ3v) is 8.97. The number of nitrogens with zero attached hydrogens (tertiary/aromatic N) is 3. The summed E-state index contributed by atoms with van der Waals surface area (Å²) in [7, 11) is -0.446. The zero-order chi connectivity index (χ0) is 24.5. The van der Waals surface area contributed by atoms with Crippen LogP contribution in [-0.4, -0.2) is 65.5 Å². The summed E-state index contributed by atoms with van der Waals surface area (Å²) < 4.78 is 0. The minimum atomic E-state index is -0.446. The van der Waals surface area contributed by atoms with Crippen molar-refractivity contribution in [3.63, 3.8) is 0 Å². The van der Waals surface area contributed by atoms with Crippen molar-refractivity contribution in [2.75, 3.05) is 39.3 Å². The second kappa shape index (κ2) is 11.0. The summed E-state index contributed by atoms with van der Waals surface area (Å²) in [5.41, 5.74) is 1.89. The SMILES string of the molecule is O=C1C=C(N2CC2)C(=O)C(N2CC2)=C1N1CC1.[Ni].c1ccc(P(c2ccccc2)c2ccccc2)cc1. The van der Waals surface area contributed by atoms with Crippen LogP contribution in [0.4, 0.5) is 0 Å². The summed E-state index contributed by atoms with van der Waals surface area (Å²) in [6, 6.07) is 32.3. The van der Waals surface area contributed by atoms with Crippen molar-refractivity contribution >= 4 is 35.4 Å². The molecular formula is C30H28N3NiO2P. The van der Waals surface area contributed by atoms with Gasteiger partial charge >= 0.3 is 0 Å². The number of rotatable bonds is 6. The van der Waals surface area contributed by atoms with Gasteiger partial charge in [-0.05, 0) is 23.8 Å². The molecule has 1 aliphatic carbocycles. The van der Waals surface area contributed by atoms with Crippen molar-refractivity contribution in [3.8, 4) is 0 Å². The van der Waals surface area contributed by atoms with Crippen LogP contribution < -0.4 is 15.9 Å². The van der Waals surface area contributed by atoms with Crippen molar-refractivity contribution in [1.82, 2.24) is 14.7 Å². The number of hydrogen-bond acceptors (Lipinski definition) is 5. The van der Waals surface area contributed by atoms with Crippen molar-refractivity contribution < 1.29 is 26.1 Å². The number of ketones is 2. The monoisotopic (exact) mass is 551 g/mol. The van der Waals surface area contributed by atoms with E-state index in [-0.39, 0.29) is 28.1 Å². The third kappa shape index (κ3) is 5.71. The maximum absolute atomic E-state index is 12.4. The quantitative estimate of drug-likeness (QED) is 0.204. The predicted molar refractivity (Wildman–Crippen MR) is 145 cm³/mol. The van der Waals surface area contributed by atoms with E-state index in [1.165, 1.54) is 22.0 Å². The molecule has 5 nitrogen and oxygen atoms in total. The molecule has 0 spiro atoms. The first kappa shape index (κ1) is 25.5. The molecule has 0 bridgehead atoms. The second-order valence-electron chi connectivity index (χ2n) is 9.22. The average molecular weight is 552 g/mol. The van der Waals surface area contributed by atoms with Gasteiger partial charge in [-0.1, -0.05) is 91.0 Å². The van der Waals surface area contributed by atoms with Crippen LogP contribution in [0.3, 0.4) is 0 Å². The molecule has 0 atom stereocenters. The Hall–Kier alpha value is -3.20. The van der Waals surface area contributed by atoms with Crippen LogP contribution in [0.25, 0.3) is 0 Å². The molecule has 3 aromatic rings. The fourth-order valence-electron chi connectivity index (χ4n) is 4.45. The van der Waals surface area contributed by atoms with Crippen molar-refractivity contribution in [3.05, 3.63) is 114 Å². The Morgan fingerprint density at radius 1 is 0.514 bits per heavy atom. The van der Waals surface area contributed by atoms with Gasteiger partial charge in [-0.25, -0.2) is 0 Å². The van der Waals surface area contributed by atoms with Crippen LogP contribution in [-0.2, 0) is 26.1 Å². The molecule has 7 rings (SSSR count). The van der Waals surface area contributed by atoms with Crippen LogP contribution in [0.2, 0.25) is 0 Å². The van der Waals surface area contributed by atoms with E-state index in [2.05, 4.69) is 91.0 Å². The van der Waals surface area contributed by atoms with E-state index in [9.17, 15) is 9.59 Å². The van der Waals surface area contributed by atoms with Crippen LogP contribution in [0.5, 0.6) is 0 Å². The molecule has 3 fully saturated rings. The molecule has 0 N–H and O–H groups in total. The van der Waals surface area contributed by atoms with Gasteiger partial charge < -0.3 is 14.7 Å². The Balaban J connectivity index is 0.000000148. The number of carbonyl (C=O) groups is 2. The van der Waals surface area contributed by atoms with Crippen LogP contribution >= 0.6 is 7.92 Å². The van der Waals surface area contributed by atoms with E-state index in [1.54, 1.807) is 0 Å². The number of Topliss-reactive ketones (excluding diaryl/α,β-unsaturated/α-hetero) is 1. The Labute approximate surface area is 229 Å². The Bertz CT molecular complexity index is 1240. The molecule has 190 valence electrons. The molecule has 3 saturated heterocycles. The first-order valence-electron chi connectivity index (χ1n) is 12.5. The Kier molecular flexibility index (Phi) is 7.60. The van der Waals surface area contributed by atoms with Gasteiger partial charge in [0.05, 0.1) is 5.70 Å². The average Bonchev–Trinajstić information content (AvgIpc) is 3.77. The summed E-state index contributed by atoms with van der Waals surface area (Å²) in [6.45, 7) is 5.41. The number of hydrogen-bond donors (Lipinski definition) is 0. The zero-order valence-electron chi connectivity index (χ0n) is 20.4. The second-order valence-corrected chi connectivity index (χ2v) is 11.4. The molecule has 4 aliphatic rings. The maximum Gasteiger partial charge on any atom is 0.227 e. The van der Waals surface area contributed by atoms with Gasteiger partial charge in [-0.15, -0.1) is 0 Å². The molecule has 0 saturated carbocycles. The van der Waals surface area contributed by atoms with Crippen LogP contribution in [0, 0.1) is 0 Å². The summed E-state index contributed by atoms with van der Waals surface area (Å²) in [4.78, 5) is 30.5. The van der Waals surface area contributed by atoms with Crippen LogP contribution in [0.15, 0.2) is 114 Å². The van der Waals surface area contributed by atoms with Gasteiger partial charge in [0.1, 0.15) is 11.4 Å². The van der Waals surface area contributed by atoms with Gasteiger partial charge in [0.25, 0.3) is 0 Å². The molecule has 0 amide bonds. The van der Waals surface area contributed by atoms with E-state index in [0.717, 1.165) is 39.3 Å². The predicted octanol–water partition coefficient (Wildman–Crippen LogP) is 2.62. The fourth-order valence-corrected chi connectivity index (χ4v) is 6.76. The summed E-state index contributed by atoms with van der Waals surface area (Å²) in [5, 5.41) is 4.19. The molecule has 3 aromatic carbocycles. The zero-order valence-corrected chi connectivity index (χ0v) is 22.3. The number of allylic oxidation sites excluding steroid dienone is 1. The summed E-state index contributed by atoms with van der Waals surface area (Å²) >= 11 is 0.